The fourth-order valence-electron chi connectivity index (χ4n) is 1.71. The highest BCUT2D eigenvalue weighted by Gasteiger charge is 2.17. The minimum absolute atomic E-state index is 0.313. The predicted octanol–water partition coefficient (Wildman–Crippen LogP) is 3.08. The van der Waals surface area contributed by atoms with Crippen LogP contribution in [-0.4, -0.2) is 17.6 Å². The first-order valence-corrected chi connectivity index (χ1v) is 5.92. The highest BCUT2D eigenvalue weighted by atomic mass is 35.5. The van der Waals surface area contributed by atoms with E-state index in [-0.39, 0.29) is 5.97 Å². The molecule has 0 atom stereocenters. The van der Waals surface area contributed by atoms with Crippen molar-refractivity contribution < 1.29 is 9.53 Å². The summed E-state index contributed by atoms with van der Waals surface area (Å²) in [6.07, 6.45) is 6.35. The van der Waals surface area contributed by atoms with Gasteiger partial charge in [-0.25, -0.2) is 9.78 Å². The van der Waals surface area contributed by atoms with Crippen LogP contribution in [0.1, 0.15) is 36.0 Å². The van der Waals surface area contributed by atoms with Gasteiger partial charge in [0.15, 0.2) is 0 Å². The minimum Gasteiger partial charge on any atom is -0.462 e. The van der Waals surface area contributed by atoms with Crippen LogP contribution in [0.5, 0.6) is 0 Å². The Labute approximate surface area is 99.8 Å². The SMILES string of the molecule is O=C(OCCC1CCC1)c1ccnc(Cl)c1. The zero-order chi connectivity index (χ0) is 11.4. The van der Waals surface area contributed by atoms with E-state index in [9.17, 15) is 4.79 Å². The van der Waals surface area contributed by atoms with Gasteiger partial charge in [0.25, 0.3) is 0 Å². The molecule has 1 aliphatic carbocycles. The Morgan fingerprint density at radius 3 is 3.00 bits per heavy atom. The fourth-order valence-corrected chi connectivity index (χ4v) is 1.89. The minimum atomic E-state index is -0.316. The largest absolute Gasteiger partial charge is 0.462 e. The van der Waals surface area contributed by atoms with Gasteiger partial charge in [-0.2, -0.15) is 0 Å². The Morgan fingerprint density at radius 2 is 2.38 bits per heavy atom. The third-order valence-electron chi connectivity index (χ3n) is 2.95. The molecule has 4 heteroatoms. The zero-order valence-corrected chi connectivity index (χ0v) is 9.74. The number of carbonyl (C=O) groups excluding carboxylic acids is 1. The van der Waals surface area contributed by atoms with Crippen molar-refractivity contribution in [3.8, 4) is 0 Å². The van der Waals surface area contributed by atoms with Crippen molar-refractivity contribution in [2.45, 2.75) is 25.7 Å². The molecule has 0 aromatic carbocycles. The summed E-state index contributed by atoms with van der Waals surface area (Å²) >= 11 is 5.69. The fraction of sp³-hybridized carbons (Fsp3) is 0.500. The molecular formula is C12H14ClNO2. The first-order valence-electron chi connectivity index (χ1n) is 5.54. The number of carbonyl (C=O) groups is 1. The van der Waals surface area contributed by atoms with Crippen molar-refractivity contribution >= 4 is 17.6 Å². The Morgan fingerprint density at radius 1 is 1.56 bits per heavy atom. The van der Waals surface area contributed by atoms with Crippen LogP contribution in [0, 0.1) is 5.92 Å². The number of hydrogen-bond donors (Lipinski definition) is 0. The third-order valence-corrected chi connectivity index (χ3v) is 3.15. The van der Waals surface area contributed by atoms with E-state index >= 15 is 0 Å². The van der Waals surface area contributed by atoms with Crippen LogP contribution >= 0.6 is 11.6 Å². The summed E-state index contributed by atoms with van der Waals surface area (Å²) in [4.78, 5) is 15.4. The molecule has 0 radical (unpaired) electrons. The van der Waals surface area contributed by atoms with E-state index in [0.717, 1.165) is 12.3 Å². The molecule has 1 aromatic heterocycles. The van der Waals surface area contributed by atoms with Gasteiger partial charge in [0.05, 0.1) is 12.2 Å². The molecule has 86 valence electrons. The Hall–Kier alpha value is -1.09. The Balaban J connectivity index is 1.78. The van der Waals surface area contributed by atoms with E-state index in [2.05, 4.69) is 4.98 Å². The van der Waals surface area contributed by atoms with E-state index in [0.29, 0.717) is 17.3 Å². The second-order valence-corrected chi connectivity index (χ2v) is 4.48. The number of nitrogens with zero attached hydrogens (tertiary/aromatic N) is 1. The summed E-state index contributed by atoms with van der Waals surface area (Å²) in [5, 5.41) is 0.313. The molecule has 0 amide bonds. The van der Waals surface area contributed by atoms with Crippen LogP contribution in [0.25, 0.3) is 0 Å². The summed E-state index contributed by atoms with van der Waals surface area (Å²) in [5.41, 5.74) is 0.466. The van der Waals surface area contributed by atoms with Crippen LogP contribution in [0.15, 0.2) is 18.3 Å². The van der Waals surface area contributed by atoms with E-state index < -0.39 is 0 Å². The summed E-state index contributed by atoms with van der Waals surface area (Å²) in [6, 6.07) is 3.13. The van der Waals surface area contributed by atoms with Gasteiger partial charge in [-0.3, -0.25) is 0 Å². The smallest absolute Gasteiger partial charge is 0.338 e. The second kappa shape index (κ2) is 5.30. The number of rotatable bonds is 4. The van der Waals surface area contributed by atoms with Gasteiger partial charge in [0.2, 0.25) is 0 Å². The van der Waals surface area contributed by atoms with Crippen molar-refractivity contribution in [1.82, 2.24) is 4.98 Å². The van der Waals surface area contributed by atoms with Gasteiger partial charge in [-0.1, -0.05) is 30.9 Å². The van der Waals surface area contributed by atoms with Crippen LogP contribution in [-0.2, 0) is 4.74 Å². The molecule has 0 aliphatic heterocycles. The summed E-state index contributed by atoms with van der Waals surface area (Å²) in [5.74, 6) is 0.442. The number of halogens is 1. The highest BCUT2D eigenvalue weighted by Crippen LogP contribution is 2.29. The molecule has 0 saturated heterocycles. The van der Waals surface area contributed by atoms with Crippen molar-refractivity contribution in [3.05, 3.63) is 29.0 Å². The summed E-state index contributed by atoms with van der Waals surface area (Å²) in [7, 11) is 0. The first kappa shape index (κ1) is 11.4. The summed E-state index contributed by atoms with van der Waals surface area (Å²) in [6.45, 7) is 0.503. The third kappa shape index (κ3) is 2.95. The van der Waals surface area contributed by atoms with E-state index in [4.69, 9.17) is 16.3 Å². The van der Waals surface area contributed by atoms with Crippen molar-refractivity contribution in [2.24, 2.45) is 5.92 Å². The zero-order valence-electron chi connectivity index (χ0n) is 8.99. The molecule has 0 N–H and O–H groups in total. The van der Waals surface area contributed by atoms with Crippen LogP contribution < -0.4 is 0 Å². The maximum atomic E-state index is 11.6. The van der Waals surface area contributed by atoms with Gasteiger partial charge in [-0.15, -0.1) is 0 Å². The van der Waals surface area contributed by atoms with E-state index in [1.807, 2.05) is 0 Å². The molecule has 1 aliphatic rings. The molecule has 0 unspecified atom stereocenters. The van der Waals surface area contributed by atoms with Gasteiger partial charge >= 0.3 is 5.97 Å². The first-order chi connectivity index (χ1) is 7.75. The maximum absolute atomic E-state index is 11.6. The van der Waals surface area contributed by atoms with Crippen molar-refractivity contribution in [3.63, 3.8) is 0 Å². The molecule has 16 heavy (non-hydrogen) atoms. The van der Waals surface area contributed by atoms with Crippen molar-refractivity contribution in [1.29, 1.82) is 0 Å². The molecule has 0 bridgehead atoms. The average Bonchev–Trinajstić information content (AvgIpc) is 2.21. The summed E-state index contributed by atoms with van der Waals surface area (Å²) < 4.78 is 5.16. The second-order valence-electron chi connectivity index (χ2n) is 4.09. The lowest BCUT2D eigenvalue weighted by molar-refractivity contribution is 0.0464. The number of pyridine rings is 1. The number of hydrogen-bond acceptors (Lipinski definition) is 3. The van der Waals surface area contributed by atoms with Gasteiger partial charge in [0.1, 0.15) is 5.15 Å². The number of ether oxygens (including phenoxy) is 1. The topological polar surface area (TPSA) is 39.2 Å². The lowest BCUT2D eigenvalue weighted by atomic mass is 9.83. The quantitative estimate of drug-likeness (QED) is 0.599. The Bertz CT molecular complexity index is 377. The normalized spacial score (nSPS) is 15.6. The molecule has 2 rings (SSSR count). The Kier molecular flexibility index (Phi) is 3.78. The average molecular weight is 240 g/mol. The van der Waals surface area contributed by atoms with E-state index in [1.165, 1.54) is 31.5 Å². The molecule has 1 aromatic rings. The van der Waals surface area contributed by atoms with Crippen LogP contribution in [0.3, 0.4) is 0 Å². The van der Waals surface area contributed by atoms with Gasteiger partial charge in [0, 0.05) is 6.20 Å². The highest BCUT2D eigenvalue weighted by molar-refractivity contribution is 6.29. The molecule has 0 spiro atoms. The van der Waals surface area contributed by atoms with Crippen LogP contribution in [0.2, 0.25) is 5.15 Å². The molecule has 1 heterocycles. The van der Waals surface area contributed by atoms with Gasteiger partial charge in [-0.05, 0) is 24.5 Å². The standard InChI is InChI=1S/C12H14ClNO2/c13-11-8-10(4-6-14-11)12(15)16-7-5-9-2-1-3-9/h4,6,8-9H,1-3,5,7H2. The molecule has 1 fully saturated rings. The molecular weight excluding hydrogens is 226 g/mol. The van der Waals surface area contributed by atoms with Crippen molar-refractivity contribution in [2.75, 3.05) is 6.61 Å². The molecule has 1 saturated carbocycles. The van der Waals surface area contributed by atoms with E-state index in [1.54, 1.807) is 6.07 Å². The lowest BCUT2D eigenvalue weighted by Crippen LogP contribution is -2.15. The molecule has 3 nitrogen and oxygen atoms in total. The number of aromatic nitrogens is 1. The number of esters is 1. The lowest BCUT2D eigenvalue weighted by Gasteiger charge is -2.24. The predicted molar refractivity (Wildman–Crippen MR) is 61.5 cm³/mol. The van der Waals surface area contributed by atoms with Crippen LogP contribution in [0.4, 0.5) is 0 Å². The van der Waals surface area contributed by atoms with Gasteiger partial charge < -0.3 is 4.74 Å². The monoisotopic (exact) mass is 239 g/mol. The maximum Gasteiger partial charge on any atom is 0.338 e.